The van der Waals surface area contributed by atoms with Gasteiger partial charge in [0.25, 0.3) is 0 Å². The number of hydrogen-bond acceptors (Lipinski definition) is 7. The van der Waals surface area contributed by atoms with Crippen molar-refractivity contribution in [1.29, 1.82) is 0 Å². The van der Waals surface area contributed by atoms with Crippen molar-refractivity contribution in [3.8, 4) is 90.6 Å². The fourth-order valence-corrected chi connectivity index (χ4v) is 7.71. The SMILES string of the molecule is c1ccc(-c2ccc(-c3nc(-c4ccccc4)nc(-c4cc(-c5nc(-c6ccccc6)nc(-c6ccccc6)n5)c5oc6cc(-c7ccccc7)ccc6c5c4)n3)cc2)cc1. The van der Waals surface area contributed by atoms with E-state index in [2.05, 4.69) is 72.8 Å². The summed E-state index contributed by atoms with van der Waals surface area (Å²) >= 11 is 0. The fourth-order valence-electron chi connectivity index (χ4n) is 7.71. The lowest BCUT2D eigenvalue weighted by molar-refractivity contribution is 0.669. The highest BCUT2D eigenvalue weighted by Gasteiger charge is 2.22. The van der Waals surface area contributed by atoms with Crippen LogP contribution in [0.3, 0.4) is 0 Å². The number of aromatic nitrogens is 6. The van der Waals surface area contributed by atoms with Crippen molar-refractivity contribution >= 4 is 21.9 Å². The lowest BCUT2D eigenvalue weighted by Crippen LogP contribution is -2.02. The Kier molecular flexibility index (Phi) is 9.02. The van der Waals surface area contributed by atoms with Crippen molar-refractivity contribution in [3.05, 3.63) is 206 Å². The number of hydrogen-bond donors (Lipinski definition) is 0. The summed E-state index contributed by atoms with van der Waals surface area (Å²) in [6.45, 7) is 0. The molecule has 3 heterocycles. The third kappa shape index (κ3) is 7.00. The molecule has 61 heavy (non-hydrogen) atoms. The lowest BCUT2D eigenvalue weighted by Gasteiger charge is -2.12. The normalized spacial score (nSPS) is 11.3. The van der Waals surface area contributed by atoms with Crippen LogP contribution in [-0.2, 0) is 0 Å². The van der Waals surface area contributed by atoms with Crippen LogP contribution < -0.4 is 0 Å². The molecule has 0 amide bonds. The maximum absolute atomic E-state index is 6.86. The van der Waals surface area contributed by atoms with Crippen molar-refractivity contribution in [2.24, 2.45) is 0 Å². The van der Waals surface area contributed by atoms with Gasteiger partial charge in [0.15, 0.2) is 34.9 Å². The number of nitrogens with zero attached hydrogens (tertiary/aromatic N) is 6. The van der Waals surface area contributed by atoms with Crippen LogP contribution >= 0.6 is 0 Å². The van der Waals surface area contributed by atoms with E-state index in [9.17, 15) is 0 Å². The molecule has 7 heteroatoms. The average molecular weight is 783 g/mol. The van der Waals surface area contributed by atoms with Crippen LogP contribution in [0, 0.1) is 0 Å². The predicted octanol–water partition coefficient (Wildman–Crippen LogP) is 13.3. The van der Waals surface area contributed by atoms with Crippen LogP contribution in [0.15, 0.2) is 211 Å². The van der Waals surface area contributed by atoms with Gasteiger partial charge in [-0.05, 0) is 46.5 Å². The first kappa shape index (κ1) is 35.7. The lowest BCUT2D eigenvalue weighted by atomic mass is 10.0. The molecule has 286 valence electrons. The summed E-state index contributed by atoms with van der Waals surface area (Å²) in [5.74, 6) is 3.21. The van der Waals surface area contributed by atoms with Crippen molar-refractivity contribution in [2.45, 2.75) is 0 Å². The molecular weight excluding hydrogens is 749 g/mol. The summed E-state index contributed by atoms with van der Waals surface area (Å²) in [4.78, 5) is 30.6. The topological polar surface area (TPSA) is 90.5 Å². The van der Waals surface area contributed by atoms with Gasteiger partial charge in [-0.15, -0.1) is 0 Å². The van der Waals surface area contributed by atoms with E-state index in [1.165, 1.54) is 0 Å². The second kappa shape index (κ2) is 15.4. The number of fused-ring (bicyclic) bond motifs is 3. The maximum atomic E-state index is 6.86. The van der Waals surface area contributed by atoms with Gasteiger partial charge in [-0.3, -0.25) is 0 Å². The van der Waals surface area contributed by atoms with Crippen LogP contribution in [0.1, 0.15) is 0 Å². The maximum Gasteiger partial charge on any atom is 0.167 e. The zero-order valence-electron chi connectivity index (χ0n) is 32.7. The van der Waals surface area contributed by atoms with E-state index >= 15 is 0 Å². The Morgan fingerprint density at radius 1 is 0.246 bits per heavy atom. The zero-order valence-corrected chi connectivity index (χ0v) is 32.7. The predicted molar refractivity (Wildman–Crippen MR) is 244 cm³/mol. The van der Waals surface area contributed by atoms with Crippen LogP contribution in [0.2, 0.25) is 0 Å². The summed E-state index contributed by atoms with van der Waals surface area (Å²) in [7, 11) is 0. The van der Waals surface area contributed by atoms with Crippen LogP contribution in [0.4, 0.5) is 0 Å². The van der Waals surface area contributed by atoms with Gasteiger partial charge in [-0.1, -0.05) is 182 Å². The first-order chi connectivity index (χ1) is 30.2. The molecule has 0 saturated carbocycles. The Morgan fingerprint density at radius 2 is 0.590 bits per heavy atom. The molecule has 0 aliphatic carbocycles. The molecule has 0 spiro atoms. The third-order valence-corrected chi connectivity index (χ3v) is 10.8. The second-order valence-electron chi connectivity index (χ2n) is 14.7. The highest BCUT2D eigenvalue weighted by Crippen LogP contribution is 2.41. The van der Waals surface area contributed by atoms with Gasteiger partial charge in [-0.2, -0.15) is 0 Å². The summed E-state index contributed by atoms with van der Waals surface area (Å²) in [6.07, 6.45) is 0. The van der Waals surface area contributed by atoms with Crippen LogP contribution in [-0.4, -0.2) is 29.9 Å². The van der Waals surface area contributed by atoms with E-state index < -0.39 is 0 Å². The van der Waals surface area contributed by atoms with Crippen molar-refractivity contribution in [2.75, 3.05) is 0 Å². The van der Waals surface area contributed by atoms with Gasteiger partial charge in [0.1, 0.15) is 11.2 Å². The minimum Gasteiger partial charge on any atom is -0.455 e. The molecule has 0 aliphatic heterocycles. The Morgan fingerprint density at radius 3 is 1.07 bits per heavy atom. The van der Waals surface area contributed by atoms with Gasteiger partial charge in [0, 0.05) is 38.6 Å². The minimum atomic E-state index is 0.468. The van der Waals surface area contributed by atoms with E-state index in [4.69, 9.17) is 34.3 Å². The average Bonchev–Trinajstić information content (AvgIpc) is 3.73. The summed E-state index contributed by atoms with van der Waals surface area (Å²) in [6, 6.07) is 69.5. The molecule has 8 aromatic carbocycles. The van der Waals surface area contributed by atoms with E-state index in [0.717, 1.165) is 66.4 Å². The Labute approximate surface area is 351 Å². The second-order valence-corrected chi connectivity index (χ2v) is 14.7. The van der Waals surface area contributed by atoms with Gasteiger partial charge in [0.05, 0.1) is 5.56 Å². The Balaban J connectivity index is 1.15. The highest BCUT2D eigenvalue weighted by molar-refractivity contribution is 6.11. The Hall–Kier alpha value is -8.42. The Bertz CT molecular complexity index is 3260. The molecule has 0 fully saturated rings. The minimum absolute atomic E-state index is 0.468. The largest absolute Gasteiger partial charge is 0.455 e. The molecule has 0 bridgehead atoms. The summed E-state index contributed by atoms with van der Waals surface area (Å²) in [5.41, 5.74) is 10.8. The molecule has 0 atom stereocenters. The first-order valence-electron chi connectivity index (χ1n) is 20.1. The smallest absolute Gasteiger partial charge is 0.167 e. The van der Waals surface area contributed by atoms with Gasteiger partial charge in [0.2, 0.25) is 0 Å². The molecule has 7 nitrogen and oxygen atoms in total. The van der Waals surface area contributed by atoms with E-state index in [1.54, 1.807) is 0 Å². The molecule has 0 saturated heterocycles. The quantitative estimate of drug-likeness (QED) is 0.152. The highest BCUT2D eigenvalue weighted by atomic mass is 16.3. The third-order valence-electron chi connectivity index (χ3n) is 10.8. The molecule has 0 radical (unpaired) electrons. The molecule has 11 rings (SSSR count). The molecular formula is C54H34N6O. The summed E-state index contributed by atoms with van der Waals surface area (Å²) < 4.78 is 6.86. The molecule has 3 aromatic heterocycles. The van der Waals surface area contributed by atoms with Crippen molar-refractivity contribution < 1.29 is 4.42 Å². The molecule has 0 unspecified atom stereocenters. The van der Waals surface area contributed by atoms with Gasteiger partial charge >= 0.3 is 0 Å². The van der Waals surface area contributed by atoms with Crippen LogP contribution in [0.25, 0.3) is 113 Å². The number of rotatable bonds is 8. The molecule has 0 aliphatic rings. The van der Waals surface area contributed by atoms with Gasteiger partial charge in [-0.25, -0.2) is 29.9 Å². The fraction of sp³-hybridized carbons (Fsp3) is 0. The van der Waals surface area contributed by atoms with Crippen molar-refractivity contribution in [3.63, 3.8) is 0 Å². The monoisotopic (exact) mass is 782 g/mol. The van der Waals surface area contributed by atoms with E-state index in [1.807, 2.05) is 133 Å². The van der Waals surface area contributed by atoms with E-state index in [-0.39, 0.29) is 0 Å². The first-order valence-corrected chi connectivity index (χ1v) is 20.1. The standard InChI is InChI=1S/C54H34N6O/c1-6-16-35(17-7-1)37-26-28-41(29-27-37)52-55-49(38-20-10-3-11-21-38)57-53(58-52)43-32-45-44-31-30-42(36-18-8-2-9-19-36)34-47(44)61-48(45)46(33-43)54-59-50(39-22-12-4-13-23-39)56-51(60-54)40-24-14-5-15-25-40/h1-34H. The molecule has 0 N–H and O–H groups in total. The van der Waals surface area contributed by atoms with Gasteiger partial charge < -0.3 is 4.42 Å². The number of benzene rings is 8. The molecule has 11 aromatic rings. The summed E-state index contributed by atoms with van der Waals surface area (Å²) in [5, 5.41) is 1.84. The van der Waals surface area contributed by atoms with Crippen LogP contribution in [0.5, 0.6) is 0 Å². The number of furan rings is 1. The van der Waals surface area contributed by atoms with Crippen molar-refractivity contribution in [1.82, 2.24) is 29.9 Å². The van der Waals surface area contributed by atoms with E-state index in [0.29, 0.717) is 46.1 Å². The zero-order chi connectivity index (χ0) is 40.5.